The van der Waals surface area contributed by atoms with E-state index in [-0.39, 0.29) is 5.91 Å². The Morgan fingerprint density at radius 1 is 1.21 bits per heavy atom. The first-order valence-electron chi connectivity index (χ1n) is 8.68. The standard InChI is InChI=1S/C20H25NOS2/c1-15(2)24-18-7-5-16(6-8-18)14-20(22)21-11-9-17(10-12-21)19-4-3-13-23-19/h3-8,13,15,17H,9-12,14H2,1-2H3. The zero-order chi connectivity index (χ0) is 16.9. The van der Waals surface area contributed by atoms with Crippen LogP contribution in [0.3, 0.4) is 0 Å². The fraction of sp³-hybridized carbons (Fsp3) is 0.450. The number of piperidine rings is 1. The van der Waals surface area contributed by atoms with E-state index in [1.165, 1.54) is 9.77 Å². The zero-order valence-corrected chi connectivity index (χ0v) is 16.0. The Kier molecular flexibility index (Phi) is 6.01. The van der Waals surface area contributed by atoms with Crippen molar-refractivity contribution < 1.29 is 4.79 Å². The van der Waals surface area contributed by atoms with Crippen LogP contribution in [0.4, 0.5) is 0 Å². The summed E-state index contributed by atoms with van der Waals surface area (Å²) >= 11 is 3.70. The average Bonchev–Trinajstić information content (AvgIpc) is 3.11. The van der Waals surface area contributed by atoms with Crippen LogP contribution in [-0.4, -0.2) is 29.1 Å². The highest BCUT2D eigenvalue weighted by atomic mass is 32.2. The molecule has 0 aliphatic carbocycles. The van der Waals surface area contributed by atoms with Crippen LogP contribution in [0.15, 0.2) is 46.7 Å². The molecule has 2 heterocycles. The Bertz CT molecular complexity index is 641. The molecule has 4 heteroatoms. The van der Waals surface area contributed by atoms with E-state index in [4.69, 9.17) is 0 Å². The van der Waals surface area contributed by atoms with Gasteiger partial charge in [0, 0.05) is 28.1 Å². The molecule has 0 saturated carbocycles. The third-order valence-corrected chi connectivity index (χ3v) is 6.49. The molecule has 1 aromatic heterocycles. The van der Waals surface area contributed by atoms with Crippen LogP contribution in [0.25, 0.3) is 0 Å². The van der Waals surface area contributed by atoms with Gasteiger partial charge in [-0.1, -0.05) is 32.0 Å². The Morgan fingerprint density at radius 3 is 2.50 bits per heavy atom. The maximum Gasteiger partial charge on any atom is 0.226 e. The molecular weight excluding hydrogens is 334 g/mol. The first-order chi connectivity index (χ1) is 11.6. The lowest BCUT2D eigenvalue weighted by Gasteiger charge is -2.31. The van der Waals surface area contributed by atoms with Crippen LogP contribution in [0.2, 0.25) is 0 Å². The molecule has 1 amide bonds. The van der Waals surface area contributed by atoms with Gasteiger partial charge in [-0.25, -0.2) is 0 Å². The van der Waals surface area contributed by atoms with Crippen LogP contribution in [-0.2, 0) is 11.2 Å². The van der Waals surface area contributed by atoms with Crippen molar-refractivity contribution in [2.24, 2.45) is 0 Å². The summed E-state index contributed by atoms with van der Waals surface area (Å²) in [5.41, 5.74) is 1.12. The summed E-state index contributed by atoms with van der Waals surface area (Å²) < 4.78 is 0. The van der Waals surface area contributed by atoms with E-state index < -0.39 is 0 Å². The molecule has 0 spiro atoms. The van der Waals surface area contributed by atoms with E-state index >= 15 is 0 Å². The number of hydrogen-bond donors (Lipinski definition) is 0. The predicted octanol–water partition coefficient (Wildman–Crippen LogP) is 5.20. The molecule has 24 heavy (non-hydrogen) atoms. The fourth-order valence-electron chi connectivity index (χ4n) is 3.18. The van der Waals surface area contributed by atoms with Gasteiger partial charge in [0.2, 0.25) is 5.91 Å². The summed E-state index contributed by atoms with van der Waals surface area (Å²) in [6.07, 6.45) is 2.71. The monoisotopic (exact) mass is 359 g/mol. The first kappa shape index (κ1) is 17.6. The minimum atomic E-state index is 0.267. The van der Waals surface area contributed by atoms with E-state index in [0.29, 0.717) is 17.6 Å². The van der Waals surface area contributed by atoms with Gasteiger partial charge >= 0.3 is 0 Å². The maximum absolute atomic E-state index is 12.5. The zero-order valence-electron chi connectivity index (χ0n) is 14.4. The lowest BCUT2D eigenvalue weighted by molar-refractivity contribution is -0.131. The van der Waals surface area contributed by atoms with Gasteiger partial charge in [0.15, 0.2) is 0 Å². The summed E-state index contributed by atoms with van der Waals surface area (Å²) in [6, 6.07) is 12.8. The Morgan fingerprint density at radius 2 is 1.92 bits per heavy atom. The SMILES string of the molecule is CC(C)Sc1ccc(CC(=O)N2CCC(c3cccs3)CC2)cc1. The molecule has 2 nitrogen and oxygen atoms in total. The normalized spacial score (nSPS) is 15.9. The third kappa shape index (κ3) is 4.64. The van der Waals surface area contributed by atoms with Crippen LogP contribution >= 0.6 is 23.1 Å². The molecule has 1 aromatic carbocycles. The van der Waals surface area contributed by atoms with Gasteiger partial charge in [-0.05, 0) is 47.9 Å². The van der Waals surface area contributed by atoms with Crippen molar-refractivity contribution in [3.8, 4) is 0 Å². The molecule has 0 unspecified atom stereocenters. The van der Waals surface area contributed by atoms with Gasteiger partial charge in [0.05, 0.1) is 6.42 Å². The fourth-order valence-corrected chi connectivity index (χ4v) is 4.92. The molecule has 1 fully saturated rings. The Labute approximate surface area is 153 Å². The van der Waals surface area contributed by atoms with Crippen molar-refractivity contribution in [1.82, 2.24) is 4.90 Å². The molecule has 1 saturated heterocycles. The Hall–Kier alpha value is -1.26. The molecule has 3 rings (SSSR count). The first-order valence-corrected chi connectivity index (χ1v) is 10.4. The highest BCUT2D eigenvalue weighted by Crippen LogP contribution is 2.31. The van der Waals surface area contributed by atoms with Gasteiger partial charge in [0.1, 0.15) is 0 Å². The topological polar surface area (TPSA) is 20.3 Å². The smallest absolute Gasteiger partial charge is 0.226 e. The molecule has 1 aliphatic heterocycles. The van der Waals surface area contributed by atoms with E-state index in [9.17, 15) is 4.79 Å². The van der Waals surface area contributed by atoms with Crippen LogP contribution < -0.4 is 0 Å². The molecule has 2 aromatic rings. The number of thiophene rings is 1. The quantitative estimate of drug-likeness (QED) is 0.684. The van der Waals surface area contributed by atoms with Crippen molar-refractivity contribution in [3.63, 3.8) is 0 Å². The van der Waals surface area contributed by atoms with Crippen molar-refractivity contribution in [3.05, 3.63) is 52.2 Å². The van der Waals surface area contributed by atoms with E-state index in [1.807, 2.05) is 28.0 Å². The Balaban J connectivity index is 1.50. The molecular formula is C20H25NOS2. The van der Waals surface area contributed by atoms with Crippen LogP contribution in [0.1, 0.15) is 43.0 Å². The molecule has 0 N–H and O–H groups in total. The third-order valence-electron chi connectivity index (χ3n) is 4.44. The molecule has 0 bridgehead atoms. The lowest BCUT2D eigenvalue weighted by atomic mass is 9.95. The minimum absolute atomic E-state index is 0.267. The van der Waals surface area contributed by atoms with Crippen LogP contribution in [0.5, 0.6) is 0 Å². The number of likely N-dealkylation sites (tertiary alicyclic amines) is 1. The number of hydrogen-bond acceptors (Lipinski definition) is 3. The number of amides is 1. The molecule has 1 aliphatic rings. The number of nitrogens with zero attached hydrogens (tertiary/aromatic N) is 1. The van der Waals surface area contributed by atoms with Gasteiger partial charge in [0.25, 0.3) is 0 Å². The second-order valence-corrected chi connectivity index (χ2v) is 9.29. The highest BCUT2D eigenvalue weighted by Gasteiger charge is 2.24. The number of carbonyl (C=O) groups is 1. The second-order valence-electron chi connectivity index (χ2n) is 6.66. The van der Waals surface area contributed by atoms with E-state index in [2.05, 4.69) is 55.6 Å². The molecule has 128 valence electrons. The van der Waals surface area contributed by atoms with Crippen molar-refractivity contribution in [2.45, 2.75) is 49.2 Å². The predicted molar refractivity (Wildman–Crippen MR) is 104 cm³/mol. The summed E-state index contributed by atoms with van der Waals surface area (Å²) in [6.45, 7) is 6.18. The molecule has 0 atom stereocenters. The van der Waals surface area contributed by atoms with Gasteiger partial charge in [-0.15, -0.1) is 23.1 Å². The number of thioether (sulfide) groups is 1. The summed E-state index contributed by atoms with van der Waals surface area (Å²) in [4.78, 5) is 17.3. The van der Waals surface area contributed by atoms with Crippen molar-refractivity contribution in [1.29, 1.82) is 0 Å². The van der Waals surface area contributed by atoms with E-state index in [0.717, 1.165) is 31.5 Å². The van der Waals surface area contributed by atoms with Gasteiger partial charge in [-0.3, -0.25) is 4.79 Å². The largest absolute Gasteiger partial charge is 0.342 e. The maximum atomic E-state index is 12.5. The van der Waals surface area contributed by atoms with Gasteiger partial charge in [-0.2, -0.15) is 0 Å². The van der Waals surface area contributed by atoms with Crippen LogP contribution in [0, 0.1) is 0 Å². The summed E-state index contributed by atoms with van der Waals surface area (Å²) in [5, 5.41) is 2.73. The molecule has 0 radical (unpaired) electrons. The highest BCUT2D eigenvalue weighted by molar-refractivity contribution is 7.99. The minimum Gasteiger partial charge on any atom is -0.342 e. The summed E-state index contributed by atoms with van der Waals surface area (Å²) in [7, 11) is 0. The van der Waals surface area contributed by atoms with Crippen molar-refractivity contribution in [2.75, 3.05) is 13.1 Å². The second kappa shape index (κ2) is 8.21. The number of benzene rings is 1. The number of rotatable bonds is 5. The lowest BCUT2D eigenvalue weighted by Crippen LogP contribution is -2.38. The summed E-state index contributed by atoms with van der Waals surface area (Å²) in [5.74, 6) is 0.908. The average molecular weight is 360 g/mol. The van der Waals surface area contributed by atoms with E-state index in [1.54, 1.807) is 0 Å². The van der Waals surface area contributed by atoms with Gasteiger partial charge < -0.3 is 4.90 Å². The number of carbonyl (C=O) groups excluding carboxylic acids is 1. The van der Waals surface area contributed by atoms with Crippen molar-refractivity contribution >= 4 is 29.0 Å².